The van der Waals surface area contributed by atoms with Gasteiger partial charge >= 0.3 is 0 Å². The number of nitrogens with zero attached hydrogens (tertiary/aromatic N) is 2. The van der Waals surface area contributed by atoms with Gasteiger partial charge in [-0.3, -0.25) is 9.69 Å². The normalized spacial score (nSPS) is 27.2. The minimum atomic E-state index is -0.541. The lowest BCUT2D eigenvalue weighted by Gasteiger charge is -2.29. The third-order valence-corrected chi connectivity index (χ3v) is 4.68. The number of nitrogens with one attached hydrogen (secondary N) is 1. The lowest BCUT2D eigenvalue weighted by Crippen LogP contribution is -2.46. The van der Waals surface area contributed by atoms with Crippen LogP contribution in [0.5, 0.6) is 11.5 Å². The molecule has 7 nitrogen and oxygen atoms in total. The number of aldehydes is 1. The molecule has 0 amide bonds. The van der Waals surface area contributed by atoms with Crippen LogP contribution in [-0.4, -0.2) is 76.0 Å². The Balaban J connectivity index is 1.46. The number of carbonyl (C=O) groups is 1. The first-order valence-corrected chi connectivity index (χ1v) is 8.53. The number of ether oxygens (including phenoxy) is 3. The third-order valence-electron chi connectivity index (χ3n) is 4.68. The molecule has 4 rings (SSSR count). The van der Waals surface area contributed by atoms with Crippen LogP contribution >= 0.6 is 0 Å². The second-order valence-electron chi connectivity index (χ2n) is 6.32. The molecule has 130 valence electrons. The molecule has 2 saturated heterocycles. The van der Waals surface area contributed by atoms with Crippen molar-refractivity contribution >= 4 is 12.0 Å². The maximum atomic E-state index is 11.5. The monoisotopic (exact) mass is 333 g/mol. The second-order valence-corrected chi connectivity index (χ2v) is 6.32. The summed E-state index contributed by atoms with van der Waals surface area (Å²) in [6, 6.07) is 5.79. The van der Waals surface area contributed by atoms with Crippen molar-refractivity contribution in [1.82, 2.24) is 10.2 Å². The van der Waals surface area contributed by atoms with Crippen LogP contribution < -0.4 is 19.7 Å². The molecule has 0 aromatic heterocycles. The van der Waals surface area contributed by atoms with E-state index in [9.17, 15) is 4.79 Å². The molecule has 0 bridgehead atoms. The average molecular weight is 333 g/mol. The summed E-state index contributed by atoms with van der Waals surface area (Å²) in [5.41, 5.74) is 0.930. The molecule has 0 radical (unpaired) electrons. The zero-order chi connectivity index (χ0) is 16.4. The summed E-state index contributed by atoms with van der Waals surface area (Å²) >= 11 is 0. The molecule has 2 fully saturated rings. The number of benzene rings is 1. The van der Waals surface area contributed by atoms with Gasteiger partial charge in [0.05, 0.1) is 6.10 Å². The van der Waals surface area contributed by atoms with Crippen molar-refractivity contribution in [1.29, 1.82) is 0 Å². The molecule has 2 unspecified atom stereocenters. The lowest BCUT2D eigenvalue weighted by molar-refractivity contribution is -0.117. The first kappa shape index (κ1) is 15.7. The number of fused-ring (bicyclic) bond motifs is 1. The molecule has 3 heterocycles. The predicted octanol–water partition coefficient (Wildman–Crippen LogP) is 0.0932. The van der Waals surface area contributed by atoms with Gasteiger partial charge in [0.2, 0.25) is 0 Å². The Morgan fingerprint density at radius 2 is 1.96 bits per heavy atom. The van der Waals surface area contributed by atoms with E-state index < -0.39 is 6.23 Å². The molecule has 2 atom stereocenters. The number of anilines is 1. The molecule has 1 aromatic carbocycles. The van der Waals surface area contributed by atoms with Gasteiger partial charge in [-0.15, -0.1) is 0 Å². The highest BCUT2D eigenvalue weighted by Crippen LogP contribution is 2.35. The maximum Gasteiger partial charge on any atom is 0.187 e. The first-order valence-electron chi connectivity index (χ1n) is 8.53. The Morgan fingerprint density at radius 3 is 2.75 bits per heavy atom. The van der Waals surface area contributed by atoms with Gasteiger partial charge in [0.1, 0.15) is 13.2 Å². The minimum absolute atomic E-state index is 0.0338. The van der Waals surface area contributed by atoms with Crippen molar-refractivity contribution < 1.29 is 19.0 Å². The van der Waals surface area contributed by atoms with Crippen LogP contribution in [0.4, 0.5) is 5.69 Å². The fraction of sp³-hybridized carbons (Fsp3) is 0.588. The van der Waals surface area contributed by atoms with Crippen LogP contribution in [0.25, 0.3) is 0 Å². The first-order chi connectivity index (χ1) is 11.8. The Morgan fingerprint density at radius 1 is 1.17 bits per heavy atom. The van der Waals surface area contributed by atoms with E-state index in [0.717, 1.165) is 56.2 Å². The zero-order valence-corrected chi connectivity index (χ0v) is 13.6. The largest absolute Gasteiger partial charge is 0.486 e. The molecular weight excluding hydrogens is 310 g/mol. The molecular formula is C17H23N3O4. The lowest BCUT2D eigenvalue weighted by atomic mass is 10.2. The van der Waals surface area contributed by atoms with E-state index in [1.807, 2.05) is 23.1 Å². The van der Waals surface area contributed by atoms with E-state index in [1.54, 1.807) is 0 Å². The zero-order valence-electron chi connectivity index (χ0n) is 13.6. The van der Waals surface area contributed by atoms with Gasteiger partial charge in [0, 0.05) is 51.0 Å². The molecule has 3 aliphatic rings. The van der Waals surface area contributed by atoms with E-state index in [-0.39, 0.29) is 6.10 Å². The van der Waals surface area contributed by atoms with Gasteiger partial charge in [-0.25, -0.2) is 0 Å². The summed E-state index contributed by atoms with van der Waals surface area (Å²) in [6.07, 6.45) is 0.362. The summed E-state index contributed by atoms with van der Waals surface area (Å²) in [4.78, 5) is 15.9. The van der Waals surface area contributed by atoms with Crippen molar-refractivity contribution in [3.05, 3.63) is 18.2 Å². The number of carbonyl (C=O) groups excluding carboxylic acids is 1. The minimum Gasteiger partial charge on any atom is -0.486 e. The highest BCUT2D eigenvalue weighted by molar-refractivity contribution is 5.67. The third kappa shape index (κ3) is 3.19. The van der Waals surface area contributed by atoms with Crippen LogP contribution in [0.3, 0.4) is 0 Å². The molecule has 1 aromatic rings. The predicted molar refractivity (Wildman–Crippen MR) is 88.8 cm³/mol. The second kappa shape index (κ2) is 6.96. The van der Waals surface area contributed by atoms with Gasteiger partial charge in [-0.2, -0.15) is 0 Å². The van der Waals surface area contributed by atoms with Crippen LogP contribution in [0.15, 0.2) is 18.2 Å². The molecule has 7 heteroatoms. The van der Waals surface area contributed by atoms with Gasteiger partial charge in [-0.1, -0.05) is 0 Å². The van der Waals surface area contributed by atoms with Crippen LogP contribution in [-0.2, 0) is 9.53 Å². The number of piperazine rings is 1. The van der Waals surface area contributed by atoms with Crippen molar-refractivity contribution in [2.75, 3.05) is 57.4 Å². The fourth-order valence-corrected chi connectivity index (χ4v) is 3.49. The molecule has 0 aliphatic carbocycles. The van der Waals surface area contributed by atoms with Gasteiger partial charge in [0.25, 0.3) is 0 Å². The summed E-state index contributed by atoms with van der Waals surface area (Å²) in [5, 5.41) is 3.35. The van der Waals surface area contributed by atoms with Crippen LogP contribution in [0.2, 0.25) is 0 Å². The van der Waals surface area contributed by atoms with E-state index in [0.29, 0.717) is 19.8 Å². The summed E-state index contributed by atoms with van der Waals surface area (Å²) in [5.74, 6) is 1.49. The van der Waals surface area contributed by atoms with Crippen molar-refractivity contribution in [3.63, 3.8) is 0 Å². The summed E-state index contributed by atoms with van der Waals surface area (Å²) in [7, 11) is 0. The maximum absolute atomic E-state index is 11.5. The van der Waals surface area contributed by atoms with E-state index in [2.05, 4.69) is 10.2 Å². The quantitative estimate of drug-likeness (QED) is 0.784. The Hall–Kier alpha value is -1.83. The molecule has 24 heavy (non-hydrogen) atoms. The van der Waals surface area contributed by atoms with Gasteiger partial charge in [0.15, 0.2) is 24.0 Å². The smallest absolute Gasteiger partial charge is 0.187 e. The highest BCUT2D eigenvalue weighted by Gasteiger charge is 2.34. The van der Waals surface area contributed by atoms with Gasteiger partial charge < -0.3 is 24.4 Å². The van der Waals surface area contributed by atoms with Gasteiger partial charge in [-0.05, 0) is 12.1 Å². The SMILES string of the molecule is O=CC1OC(CN2CCNCC2)CN1c1ccc2c(c1)OCCO2. The number of hydrogen-bond donors (Lipinski definition) is 1. The molecule has 1 N–H and O–H groups in total. The van der Waals surface area contributed by atoms with E-state index >= 15 is 0 Å². The Bertz CT molecular complexity index is 591. The topological polar surface area (TPSA) is 63.3 Å². The van der Waals surface area contributed by atoms with E-state index in [1.165, 1.54) is 0 Å². The van der Waals surface area contributed by atoms with Crippen LogP contribution in [0, 0.1) is 0 Å². The molecule has 0 saturated carbocycles. The fourth-order valence-electron chi connectivity index (χ4n) is 3.49. The average Bonchev–Trinajstić information content (AvgIpc) is 3.05. The summed E-state index contributed by atoms with van der Waals surface area (Å²) < 4.78 is 17.2. The Labute approximate surface area is 141 Å². The number of rotatable bonds is 4. The Kier molecular flexibility index (Phi) is 4.55. The van der Waals surface area contributed by atoms with Crippen molar-refractivity contribution in [3.8, 4) is 11.5 Å². The standard InChI is InChI=1S/C17H23N3O4/c21-12-17-20(11-14(24-17)10-19-5-3-18-4-6-19)13-1-2-15-16(9-13)23-8-7-22-15/h1-2,9,12,14,17-18H,3-8,10-11H2. The summed E-state index contributed by atoms with van der Waals surface area (Å²) in [6.45, 7) is 6.75. The van der Waals surface area contributed by atoms with Crippen molar-refractivity contribution in [2.24, 2.45) is 0 Å². The highest BCUT2D eigenvalue weighted by atomic mass is 16.6. The van der Waals surface area contributed by atoms with Crippen LogP contribution in [0.1, 0.15) is 0 Å². The molecule has 0 spiro atoms. The van der Waals surface area contributed by atoms with E-state index in [4.69, 9.17) is 14.2 Å². The molecule has 3 aliphatic heterocycles. The number of hydrogen-bond acceptors (Lipinski definition) is 7. The van der Waals surface area contributed by atoms with Crippen molar-refractivity contribution in [2.45, 2.75) is 12.3 Å².